The SMILES string of the molecule is CCC(C)(N)CNC(=O)c1ccc(Nc2nc3c(-c4cccc(CF)c4)cccn3n2)cc1. The van der Waals surface area contributed by atoms with E-state index < -0.39 is 12.2 Å². The van der Waals surface area contributed by atoms with Crippen molar-refractivity contribution in [2.45, 2.75) is 32.5 Å². The van der Waals surface area contributed by atoms with Crippen molar-refractivity contribution >= 4 is 23.2 Å². The van der Waals surface area contributed by atoms with Gasteiger partial charge in [-0.2, -0.15) is 4.98 Å². The number of nitrogens with one attached hydrogen (secondary N) is 2. The lowest BCUT2D eigenvalue weighted by Gasteiger charge is -2.22. The number of carbonyl (C=O) groups is 1. The Morgan fingerprint density at radius 1 is 1.15 bits per heavy atom. The van der Waals surface area contributed by atoms with Crippen molar-refractivity contribution in [2.75, 3.05) is 11.9 Å². The maximum Gasteiger partial charge on any atom is 0.251 e. The smallest absolute Gasteiger partial charge is 0.251 e. The van der Waals surface area contributed by atoms with Crippen molar-refractivity contribution in [1.82, 2.24) is 19.9 Å². The zero-order valence-corrected chi connectivity index (χ0v) is 18.7. The lowest BCUT2D eigenvalue weighted by atomic mass is 10.0. The van der Waals surface area contributed by atoms with Crippen molar-refractivity contribution in [3.63, 3.8) is 0 Å². The standard InChI is InChI=1S/C25H27FN6O/c1-3-25(2,27)16-28-23(33)18-9-11-20(12-10-18)29-24-30-22-21(8-5-13-32(22)31-24)19-7-4-6-17(14-19)15-26/h4-14H,3,15-16,27H2,1-2H3,(H,28,33)(H,29,31). The van der Waals surface area contributed by atoms with Crippen LogP contribution in [0.1, 0.15) is 36.2 Å². The first-order valence-corrected chi connectivity index (χ1v) is 10.8. The summed E-state index contributed by atoms with van der Waals surface area (Å²) < 4.78 is 14.8. The maximum absolute atomic E-state index is 13.1. The average Bonchev–Trinajstić information content (AvgIpc) is 3.25. The molecule has 0 saturated heterocycles. The molecule has 0 bridgehead atoms. The van der Waals surface area contributed by atoms with Crippen molar-refractivity contribution in [1.29, 1.82) is 0 Å². The van der Waals surface area contributed by atoms with Gasteiger partial charge in [0, 0.05) is 35.1 Å². The number of aromatic nitrogens is 3. The predicted octanol–water partition coefficient (Wildman–Crippen LogP) is 4.47. The molecule has 33 heavy (non-hydrogen) atoms. The number of amides is 1. The molecule has 4 aromatic rings. The van der Waals surface area contributed by atoms with E-state index in [2.05, 4.69) is 20.7 Å². The van der Waals surface area contributed by atoms with Gasteiger partial charge in [0.25, 0.3) is 5.91 Å². The lowest BCUT2D eigenvalue weighted by molar-refractivity contribution is 0.0944. The molecule has 8 heteroatoms. The second-order valence-electron chi connectivity index (χ2n) is 8.35. The van der Waals surface area contributed by atoms with Crippen LogP contribution in [0, 0.1) is 0 Å². The molecule has 1 unspecified atom stereocenters. The molecule has 0 spiro atoms. The van der Waals surface area contributed by atoms with Gasteiger partial charge in [-0.1, -0.05) is 25.1 Å². The fourth-order valence-electron chi connectivity index (χ4n) is 3.35. The van der Waals surface area contributed by atoms with E-state index in [0.717, 1.165) is 23.2 Å². The number of pyridine rings is 1. The molecule has 0 aliphatic rings. The Kier molecular flexibility index (Phi) is 6.37. The number of fused-ring (bicyclic) bond motifs is 1. The van der Waals surface area contributed by atoms with E-state index >= 15 is 0 Å². The van der Waals surface area contributed by atoms with Gasteiger partial charge in [-0.25, -0.2) is 8.91 Å². The van der Waals surface area contributed by atoms with Crippen molar-refractivity contribution in [2.24, 2.45) is 5.73 Å². The van der Waals surface area contributed by atoms with Crippen LogP contribution < -0.4 is 16.4 Å². The molecular formula is C25H27FN6O. The Morgan fingerprint density at radius 2 is 1.94 bits per heavy atom. The first-order chi connectivity index (χ1) is 15.9. The van der Waals surface area contributed by atoms with Crippen molar-refractivity contribution < 1.29 is 9.18 Å². The van der Waals surface area contributed by atoms with Crippen LogP contribution in [0.15, 0.2) is 66.9 Å². The van der Waals surface area contributed by atoms with Crippen molar-refractivity contribution in [3.8, 4) is 11.1 Å². The molecule has 4 rings (SSSR count). The molecule has 2 aromatic carbocycles. The molecule has 170 valence electrons. The number of halogens is 1. The van der Waals surface area contributed by atoms with E-state index in [1.165, 1.54) is 0 Å². The fraction of sp³-hybridized carbons (Fsp3) is 0.240. The number of alkyl halides is 1. The second-order valence-corrected chi connectivity index (χ2v) is 8.35. The fourth-order valence-corrected chi connectivity index (χ4v) is 3.35. The highest BCUT2D eigenvalue weighted by atomic mass is 19.1. The number of nitrogens with two attached hydrogens (primary N) is 1. The van der Waals surface area contributed by atoms with E-state index in [9.17, 15) is 9.18 Å². The normalized spacial score (nSPS) is 13.0. The minimum Gasteiger partial charge on any atom is -0.350 e. The van der Waals surface area contributed by atoms with Crippen LogP contribution in [0.5, 0.6) is 0 Å². The highest BCUT2D eigenvalue weighted by Gasteiger charge is 2.17. The molecule has 0 aliphatic carbocycles. The summed E-state index contributed by atoms with van der Waals surface area (Å²) in [6.45, 7) is 3.79. The zero-order valence-electron chi connectivity index (χ0n) is 18.7. The van der Waals surface area contributed by atoms with Crippen LogP contribution in [0.2, 0.25) is 0 Å². The van der Waals surface area contributed by atoms with Crippen LogP contribution in [-0.2, 0) is 6.67 Å². The van der Waals surface area contributed by atoms with Crippen LogP contribution in [0.3, 0.4) is 0 Å². The van der Waals surface area contributed by atoms with Gasteiger partial charge in [0.1, 0.15) is 6.67 Å². The number of hydrogen-bond acceptors (Lipinski definition) is 5. The quantitative estimate of drug-likeness (QED) is 0.371. The van der Waals surface area contributed by atoms with Crippen LogP contribution in [0.4, 0.5) is 16.0 Å². The maximum atomic E-state index is 13.1. The number of carbonyl (C=O) groups excluding carboxylic acids is 1. The largest absolute Gasteiger partial charge is 0.350 e. The first kappa shape index (κ1) is 22.4. The average molecular weight is 447 g/mol. The van der Waals surface area contributed by atoms with Gasteiger partial charge < -0.3 is 16.4 Å². The van der Waals surface area contributed by atoms with Crippen LogP contribution >= 0.6 is 0 Å². The molecule has 0 fully saturated rings. The molecule has 0 saturated carbocycles. The minimum atomic E-state index is -0.519. The number of rotatable bonds is 8. The summed E-state index contributed by atoms with van der Waals surface area (Å²) in [7, 11) is 0. The summed E-state index contributed by atoms with van der Waals surface area (Å²) in [5, 5.41) is 10.5. The monoisotopic (exact) mass is 446 g/mol. The summed E-state index contributed by atoms with van der Waals surface area (Å²) in [5.41, 5.74) is 9.96. The summed E-state index contributed by atoms with van der Waals surface area (Å²) in [4.78, 5) is 17.0. The molecule has 0 aliphatic heterocycles. The van der Waals surface area contributed by atoms with E-state index in [-0.39, 0.29) is 5.91 Å². The highest BCUT2D eigenvalue weighted by Crippen LogP contribution is 2.26. The third-order valence-electron chi connectivity index (χ3n) is 5.62. The Bertz CT molecular complexity index is 1270. The van der Waals surface area contributed by atoms with E-state index in [1.54, 1.807) is 34.8 Å². The number of anilines is 2. The summed E-state index contributed by atoms with van der Waals surface area (Å²) in [5.74, 6) is 0.251. The van der Waals surface area contributed by atoms with E-state index in [4.69, 9.17) is 5.73 Å². The molecule has 0 radical (unpaired) electrons. The molecule has 7 nitrogen and oxygen atoms in total. The summed E-state index contributed by atoms with van der Waals surface area (Å²) in [6.07, 6.45) is 2.58. The van der Waals surface area contributed by atoms with Gasteiger partial charge in [0.05, 0.1) is 0 Å². The molecule has 2 heterocycles. The number of benzene rings is 2. The Morgan fingerprint density at radius 3 is 2.67 bits per heavy atom. The first-order valence-electron chi connectivity index (χ1n) is 10.8. The molecule has 1 atom stereocenters. The third-order valence-corrected chi connectivity index (χ3v) is 5.62. The summed E-state index contributed by atoms with van der Waals surface area (Å²) >= 11 is 0. The molecular weight excluding hydrogens is 419 g/mol. The van der Waals surface area contributed by atoms with Crippen LogP contribution in [-0.4, -0.2) is 32.6 Å². The molecule has 1 amide bonds. The third kappa shape index (κ3) is 5.18. The van der Waals surface area contributed by atoms with Gasteiger partial charge in [0.2, 0.25) is 5.95 Å². The number of nitrogens with zero attached hydrogens (tertiary/aromatic N) is 3. The van der Waals surface area contributed by atoms with E-state index in [0.29, 0.717) is 29.3 Å². The van der Waals surface area contributed by atoms with Gasteiger partial charge in [0.15, 0.2) is 5.65 Å². The number of hydrogen-bond donors (Lipinski definition) is 3. The van der Waals surface area contributed by atoms with Gasteiger partial charge in [-0.15, -0.1) is 5.10 Å². The van der Waals surface area contributed by atoms with Gasteiger partial charge in [-0.3, -0.25) is 4.79 Å². The van der Waals surface area contributed by atoms with Crippen LogP contribution in [0.25, 0.3) is 16.8 Å². The molecule has 4 N–H and O–H groups in total. The minimum absolute atomic E-state index is 0.169. The second kappa shape index (κ2) is 9.38. The van der Waals surface area contributed by atoms with Gasteiger partial charge in [-0.05, 0) is 66.9 Å². The zero-order chi connectivity index (χ0) is 23.4. The highest BCUT2D eigenvalue weighted by molar-refractivity contribution is 5.94. The predicted molar refractivity (Wildman–Crippen MR) is 128 cm³/mol. The Labute approximate surface area is 191 Å². The van der Waals surface area contributed by atoms with Gasteiger partial charge >= 0.3 is 0 Å². The topological polar surface area (TPSA) is 97.3 Å². The lowest BCUT2D eigenvalue weighted by Crippen LogP contribution is -2.47. The Hall–Kier alpha value is -3.78. The summed E-state index contributed by atoms with van der Waals surface area (Å²) in [6, 6.07) is 18.2. The van der Waals surface area contributed by atoms with Crippen molar-refractivity contribution in [3.05, 3.63) is 78.0 Å². The Balaban J connectivity index is 1.51. The van der Waals surface area contributed by atoms with E-state index in [1.807, 2.05) is 50.4 Å². The molecule has 2 aromatic heterocycles.